The molecule has 1 saturated heterocycles. The third kappa shape index (κ3) is 3.63. The SMILES string of the molecule is CCn1cnc2ccc(-c3ccc(C(/C=C4\OC(=O)NC4=O)C(C)C)c(=O)[nH]3)c(F)c21. The predicted molar refractivity (Wildman–Crippen MR) is 112 cm³/mol. The van der Waals surface area contributed by atoms with E-state index in [4.69, 9.17) is 4.74 Å². The quantitative estimate of drug-likeness (QED) is 0.611. The molecule has 160 valence electrons. The fourth-order valence-corrected chi connectivity index (χ4v) is 3.71. The highest BCUT2D eigenvalue weighted by Crippen LogP contribution is 2.30. The minimum Gasteiger partial charge on any atom is -0.404 e. The summed E-state index contributed by atoms with van der Waals surface area (Å²) < 4.78 is 21.8. The van der Waals surface area contributed by atoms with Gasteiger partial charge in [0.15, 0.2) is 11.6 Å². The number of halogens is 1. The number of hydrogen-bond acceptors (Lipinski definition) is 5. The zero-order chi connectivity index (χ0) is 22.3. The number of carbonyl (C=O) groups is 2. The molecule has 0 saturated carbocycles. The van der Waals surface area contributed by atoms with E-state index in [0.29, 0.717) is 28.8 Å². The van der Waals surface area contributed by atoms with Gasteiger partial charge in [-0.05, 0) is 37.1 Å². The van der Waals surface area contributed by atoms with E-state index in [1.54, 1.807) is 35.2 Å². The molecule has 2 aromatic heterocycles. The molecule has 4 rings (SSSR count). The smallest absolute Gasteiger partial charge is 0.404 e. The third-order valence-electron chi connectivity index (χ3n) is 5.34. The summed E-state index contributed by atoms with van der Waals surface area (Å²) in [7, 11) is 0. The van der Waals surface area contributed by atoms with E-state index >= 15 is 4.39 Å². The van der Waals surface area contributed by atoms with Gasteiger partial charge in [-0.25, -0.2) is 14.2 Å². The number of nitrogens with zero attached hydrogens (tertiary/aromatic N) is 2. The molecule has 1 atom stereocenters. The van der Waals surface area contributed by atoms with E-state index in [-0.39, 0.29) is 17.2 Å². The summed E-state index contributed by atoms with van der Waals surface area (Å²) in [6.45, 7) is 6.22. The average Bonchev–Trinajstić information content (AvgIpc) is 3.29. The van der Waals surface area contributed by atoms with Crippen molar-refractivity contribution >= 4 is 23.0 Å². The summed E-state index contributed by atoms with van der Waals surface area (Å²) in [6.07, 6.45) is 2.19. The second-order valence-corrected chi connectivity index (χ2v) is 7.63. The number of alkyl carbamates (subject to hydrolysis) is 1. The van der Waals surface area contributed by atoms with Crippen LogP contribution in [0.25, 0.3) is 22.3 Å². The molecule has 0 bridgehead atoms. The largest absolute Gasteiger partial charge is 0.419 e. The Balaban J connectivity index is 1.76. The summed E-state index contributed by atoms with van der Waals surface area (Å²) in [4.78, 5) is 42.9. The number of aryl methyl sites for hydroxylation is 1. The highest BCUT2D eigenvalue weighted by atomic mass is 19.1. The number of carbonyl (C=O) groups excluding carboxylic acids is 2. The molecule has 3 heterocycles. The van der Waals surface area contributed by atoms with Crippen LogP contribution in [0.3, 0.4) is 0 Å². The molecule has 1 fully saturated rings. The van der Waals surface area contributed by atoms with Crippen molar-refractivity contribution in [2.75, 3.05) is 0 Å². The molecule has 1 aliphatic rings. The Kier molecular flexibility index (Phi) is 5.18. The normalized spacial score (nSPS) is 16.2. The number of rotatable bonds is 5. The first-order valence-corrected chi connectivity index (χ1v) is 9.92. The van der Waals surface area contributed by atoms with Crippen LogP contribution in [-0.2, 0) is 16.1 Å². The van der Waals surface area contributed by atoms with Crippen LogP contribution in [0, 0.1) is 11.7 Å². The number of allylic oxidation sites excluding steroid dienone is 1. The molecule has 2 amide bonds. The van der Waals surface area contributed by atoms with Gasteiger partial charge in [-0.15, -0.1) is 0 Å². The number of fused-ring (bicyclic) bond motifs is 1. The van der Waals surface area contributed by atoms with E-state index < -0.39 is 29.3 Å². The van der Waals surface area contributed by atoms with Gasteiger partial charge in [-0.2, -0.15) is 0 Å². The van der Waals surface area contributed by atoms with Crippen molar-refractivity contribution in [1.29, 1.82) is 0 Å². The maximum atomic E-state index is 15.2. The number of amides is 2. The Morgan fingerprint density at radius 3 is 2.58 bits per heavy atom. The van der Waals surface area contributed by atoms with Gasteiger partial charge in [0, 0.05) is 23.6 Å². The molecule has 3 aromatic rings. The minimum atomic E-state index is -0.847. The molecule has 2 N–H and O–H groups in total. The van der Waals surface area contributed by atoms with Crippen molar-refractivity contribution in [2.45, 2.75) is 33.2 Å². The van der Waals surface area contributed by atoms with Gasteiger partial charge < -0.3 is 14.3 Å². The maximum absolute atomic E-state index is 15.2. The molecule has 1 aliphatic heterocycles. The number of hydrogen-bond donors (Lipinski definition) is 2. The van der Waals surface area contributed by atoms with Crippen LogP contribution >= 0.6 is 0 Å². The van der Waals surface area contributed by atoms with E-state index in [1.807, 2.05) is 26.1 Å². The van der Waals surface area contributed by atoms with Crippen LogP contribution in [0.1, 0.15) is 32.3 Å². The number of nitrogens with one attached hydrogen (secondary N) is 2. The van der Waals surface area contributed by atoms with Crippen LogP contribution in [-0.4, -0.2) is 26.5 Å². The summed E-state index contributed by atoms with van der Waals surface area (Å²) in [5, 5.41) is 2.03. The lowest BCUT2D eigenvalue weighted by Crippen LogP contribution is -2.21. The second kappa shape index (κ2) is 7.82. The number of aromatic nitrogens is 3. The van der Waals surface area contributed by atoms with Gasteiger partial charge in [-0.1, -0.05) is 19.9 Å². The zero-order valence-corrected chi connectivity index (χ0v) is 17.2. The Labute approximate surface area is 176 Å². The molecule has 1 aromatic carbocycles. The van der Waals surface area contributed by atoms with Gasteiger partial charge in [0.05, 0.1) is 17.5 Å². The Bertz CT molecular complexity index is 1290. The summed E-state index contributed by atoms with van der Waals surface area (Å²) in [6, 6.07) is 6.52. The lowest BCUT2D eigenvalue weighted by atomic mass is 9.88. The van der Waals surface area contributed by atoms with E-state index in [2.05, 4.69) is 9.97 Å². The lowest BCUT2D eigenvalue weighted by Gasteiger charge is -2.17. The minimum absolute atomic E-state index is 0.0708. The number of pyridine rings is 1. The van der Waals surface area contributed by atoms with Gasteiger partial charge >= 0.3 is 6.09 Å². The van der Waals surface area contributed by atoms with Crippen molar-refractivity contribution in [3.63, 3.8) is 0 Å². The summed E-state index contributed by atoms with van der Waals surface area (Å²) >= 11 is 0. The first-order chi connectivity index (χ1) is 14.8. The topological polar surface area (TPSA) is 106 Å². The monoisotopic (exact) mass is 424 g/mol. The fourth-order valence-electron chi connectivity index (χ4n) is 3.71. The van der Waals surface area contributed by atoms with Crippen LogP contribution in [0.4, 0.5) is 9.18 Å². The van der Waals surface area contributed by atoms with Crippen molar-refractivity contribution in [2.24, 2.45) is 5.92 Å². The highest BCUT2D eigenvalue weighted by Gasteiger charge is 2.29. The number of imide groups is 1. The highest BCUT2D eigenvalue weighted by molar-refractivity contribution is 6.07. The second-order valence-electron chi connectivity index (χ2n) is 7.63. The molecular formula is C22H21FN4O4. The number of benzene rings is 1. The first-order valence-electron chi connectivity index (χ1n) is 9.92. The fraction of sp³-hybridized carbons (Fsp3) is 0.273. The average molecular weight is 424 g/mol. The van der Waals surface area contributed by atoms with Crippen LogP contribution in [0.2, 0.25) is 0 Å². The Morgan fingerprint density at radius 2 is 1.97 bits per heavy atom. The van der Waals surface area contributed by atoms with E-state index in [1.165, 1.54) is 6.08 Å². The summed E-state index contributed by atoms with van der Waals surface area (Å²) in [5.41, 5.74) is 1.47. The van der Waals surface area contributed by atoms with Crippen molar-refractivity contribution < 1.29 is 18.7 Å². The lowest BCUT2D eigenvalue weighted by molar-refractivity contribution is -0.116. The van der Waals surface area contributed by atoms with Crippen LogP contribution in [0.15, 0.2) is 47.2 Å². The number of cyclic esters (lactones) is 1. The number of imidazole rings is 1. The molecule has 1 unspecified atom stereocenters. The van der Waals surface area contributed by atoms with Gasteiger partial charge in [0.25, 0.3) is 11.5 Å². The van der Waals surface area contributed by atoms with Gasteiger partial charge in [0.2, 0.25) is 0 Å². The van der Waals surface area contributed by atoms with Crippen molar-refractivity contribution in [3.05, 3.63) is 64.2 Å². The Morgan fingerprint density at radius 1 is 1.19 bits per heavy atom. The molecule has 8 nitrogen and oxygen atoms in total. The third-order valence-corrected chi connectivity index (χ3v) is 5.34. The van der Waals surface area contributed by atoms with Gasteiger partial charge in [0.1, 0.15) is 5.52 Å². The number of aromatic amines is 1. The molecule has 31 heavy (non-hydrogen) atoms. The molecule has 0 aliphatic carbocycles. The summed E-state index contributed by atoms with van der Waals surface area (Å²) in [5.74, 6) is -1.81. The van der Waals surface area contributed by atoms with Gasteiger partial charge in [-0.3, -0.25) is 14.9 Å². The molecule has 9 heteroatoms. The van der Waals surface area contributed by atoms with Crippen LogP contribution in [0.5, 0.6) is 0 Å². The zero-order valence-electron chi connectivity index (χ0n) is 17.2. The number of ether oxygens (including phenoxy) is 1. The standard InChI is InChI=1S/C22H21FN4O4/c1-4-27-10-24-16-8-6-13(18(23)19(16)27)15-7-5-12(20(28)25-15)14(11(2)3)9-17-21(29)26-22(30)31-17/h5-11,14H,4H2,1-3H3,(H,25,28)(H,26,29,30)/b17-9-. The van der Waals surface area contributed by atoms with Crippen molar-refractivity contribution in [1.82, 2.24) is 19.9 Å². The van der Waals surface area contributed by atoms with Crippen LogP contribution < -0.4 is 10.9 Å². The van der Waals surface area contributed by atoms with Crippen molar-refractivity contribution in [3.8, 4) is 11.3 Å². The molecule has 0 radical (unpaired) electrons. The Hall–Kier alpha value is -3.75. The maximum Gasteiger partial charge on any atom is 0.419 e. The van der Waals surface area contributed by atoms with E-state index in [9.17, 15) is 14.4 Å². The predicted octanol–water partition coefficient (Wildman–Crippen LogP) is 3.44. The first kappa shape index (κ1) is 20.5. The molecular weight excluding hydrogens is 403 g/mol. The van der Waals surface area contributed by atoms with E-state index in [0.717, 1.165) is 0 Å². The number of H-pyrrole nitrogens is 1. The molecule has 0 spiro atoms.